The smallest absolute Gasteiger partial charge is 0.357 e. The highest BCUT2D eigenvalue weighted by molar-refractivity contribution is 5.96. The Balaban J connectivity index is 2.38. The third-order valence-electron chi connectivity index (χ3n) is 4.11. The quantitative estimate of drug-likeness (QED) is 0.628. The minimum absolute atomic E-state index is 0.307. The first-order valence-corrected chi connectivity index (χ1v) is 7.12. The fourth-order valence-corrected chi connectivity index (χ4v) is 3.07. The third kappa shape index (κ3) is 2.16. The molecule has 1 aromatic heterocycles. The molecule has 6 nitrogen and oxygen atoms in total. The predicted molar refractivity (Wildman–Crippen MR) is 81.9 cm³/mol. The van der Waals surface area contributed by atoms with E-state index in [2.05, 4.69) is 0 Å². The van der Waals surface area contributed by atoms with Crippen molar-refractivity contribution in [3.63, 3.8) is 0 Å². The van der Waals surface area contributed by atoms with Crippen molar-refractivity contribution >= 4 is 22.3 Å². The zero-order valence-corrected chi connectivity index (χ0v) is 11.9. The van der Waals surface area contributed by atoms with E-state index >= 15 is 0 Å². The topological polar surface area (TPSA) is 68.4 Å². The Hall–Kier alpha value is -2.37. The highest BCUT2D eigenvalue weighted by Crippen LogP contribution is 2.34. The van der Waals surface area contributed by atoms with Crippen molar-refractivity contribution in [1.29, 1.82) is 0 Å². The summed E-state index contributed by atoms with van der Waals surface area (Å²) in [6.07, 6.45) is 3.13. The number of nitro groups is 1. The molecule has 1 saturated heterocycles. The number of benzene rings is 1. The standard InChI is InChI=1S/C15H17N3O3/c1-16-12-8-4-3-7-11(12)13(14(15(16)19)18(20)21)17-9-5-2-6-10-17/h3-4,7-8H,2,5-6,9-10H2,1H3. The van der Waals surface area contributed by atoms with Gasteiger partial charge in [0.15, 0.2) is 0 Å². The Morgan fingerprint density at radius 3 is 2.48 bits per heavy atom. The number of pyridine rings is 1. The van der Waals surface area contributed by atoms with E-state index in [1.54, 1.807) is 7.05 Å². The van der Waals surface area contributed by atoms with Crippen molar-refractivity contribution in [3.05, 3.63) is 44.7 Å². The molecule has 1 aliphatic rings. The summed E-state index contributed by atoms with van der Waals surface area (Å²) >= 11 is 0. The van der Waals surface area contributed by atoms with Gasteiger partial charge in [0.05, 0.1) is 10.4 Å². The molecule has 0 unspecified atom stereocenters. The number of hydrogen-bond donors (Lipinski definition) is 0. The van der Waals surface area contributed by atoms with Crippen LogP contribution in [-0.4, -0.2) is 22.6 Å². The summed E-state index contributed by atoms with van der Waals surface area (Å²) in [5.74, 6) is 0. The maximum Gasteiger partial charge on any atom is 0.357 e. The van der Waals surface area contributed by atoms with Crippen LogP contribution in [0, 0.1) is 10.1 Å². The second kappa shape index (κ2) is 5.20. The molecule has 0 atom stereocenters. The maximum absolute atomic E-state index is 12.4. The van der Waals surface area contributed by atoms with Crippen molar-refractivity contribution in [3.8, 4) is 0 Å². The fourth-order valence-electron chi connectivity index (χ4n) is 3.07. The fraction of sp³-hybridized carbons (Fsp3) is 0.400. The first-order valence-electron chi connectivity index (χ1n) is 7.12. The highest BCUT2D eigenvalue weighted by Gasteiger charge is 2.29. The third-order valence-corrected chi connectivity index (χ3v) is 4.11. The second-order valence-corrected chi connectivity index (χ2v) is 5.38. The molecule has 3 rings (SSSR count). The Labute approximate surface area is 121 Å². The summed E-state index contributed by atoms with van der Waals surface area (Å²) in [6.45, 7) is 1.52. The molecule has 110 valence electrons. The summed E-state index contributed by atoms with van der Waals surface area (Å²) in [5, 5.41) is 12.2. The van der Waals surface area contributed by atoms with E-state index in [4.69, 9.17) is 0 Å². The molecule has 0 N–H and O–H groups in total. The number of rotatable bonds is 2. The van der Waals surface area contributed by atoms with Crippen molar-refractivity contribution in [2.75, 3.05) is 18.0 Å². The van der Waals surface area contributed by atoms with Gasteiger partial charge in [-0.05, 0) is 25.3 Å². The SMILES string of the molecule is Cn1c(=O)c([N+](=O)[O-])c(N2CCCCC2)c2ccccc21. The molecule has 0 aliphatic carbocycles. The summed E-state index contributed by atoms with van der Waals surface area (Å²) in [5.41, 5.74) is 0.365. The van der Waals surface area contributed by atoms with Gasteiger partial charge in [0, 0.05) is 25.5 Å². The summed E-state index contributed by atoms with van der Waals surface area (Å²) in [4.78, 5) is 25.3. The van der Waals surface area contributed by atoms with Gasteiger partial charge in [-0.15, -0.1) is 0 Å². The first kappa shape index (κ1) is 13.6. The zero-order valence-electron chi connectivity index (χ0n) is 11.9. The first-order chi connectivity index (χ1) is 10.1. The van der Waals surface area contributed by atoms with Crippen molar-refractivity contribution < 1.29 is 4.92 Å². The van der Waals surface area contributed by atoms with E-state index in [9.17, 15) is 14.9 Å². The number of nitrogens with zero attached hydrogens (tertiary/aromatic N) is 3. The lowest BCUT2D eigenvalue weighted by atomic mass is 10.1. The van der Waals surface area contributed by atoms with Gasteiger partial charge in [-0.25, -0.2) is 0 Å². The van der Waals surface area contributed by atoms with E-state index in [1.165, 1.54) is 4.57 Å². The van der Waals surface area contributed by atoms with Gasteiger partial charge in [-0.3, -0.25) is 14.9 Å². The van der Waals surface area contributed by atoms with Gasteiger partial charge in [-0.1, -0.05) is 18.2 Å². The Morgan fingerprint density at radius 1 is 1.14 bits per heavy atom. The van der Waals surface area contributed by atoms with Crippen molar-refractivity contribution in [2.24, 2.45) is 7.05 Å². The second-order valence-electron chi connectivity index (χ2n) is 5.38. The van der Waals surface area contributed by atoms with Gasteiger partial charge in [0.2, 0.25) is 0 Å². The highest BCUT2D eigenvalue weighted by atomic mass is 16.6. The molecule has 1 aromatic carbocycles. The number of aryl methyl sites for hydroxylation is 1. The number of para-hydroxylation sites is 1. The summed E-state index contributed by atoms with van der Waals surface area (Å²) in [6, 6.07) is 7.37. The number of fused-ring (bicyclic) bond motifs is 1. The van der Waals surface area contributed by atoms with Crippen LogP contribution in [0.4, 0.5) is 11.4 Å². The van der Waals surface area contributed by atoms with Crippen LogP contribution in [0.2, 0.25) is 0 Å². The van der Waals surface area contributed by atoms with E-state index in [0.29, 0.717) is 5.69 Å². The Morgan fingerprint density at radius 2 is 1.81 bits per heavy atom. The minimum Gasteiger partial charge on any atom is -0.365 e. The minimum atomic E-state index is -0.543. The molecular formula is C15H17N3O3. The maximum atomic E-state index is 12.4. The monoisotopic (exact) mass is 287 g/mol. The Kier molecular flexibility index (Phi) is 3.37. The molecule has 2 aromatic rings. The van der Waals surface area contributed by atoms with Crippen LogP contribution >= 0.6 is 0 Å². The number of aromatic nitrogens is 1. The lowest BCUT2D eigenvalue weighted by molar-refractivity contribution is -0.385. The lowest BCUT2D eigenvalue weighted by Crippen LogP contribution is -2.33. The largest absolute Gasteiger partial charge is 0.365 e. The van der Waals surface area contributed by atoms with Gasteiger partial charge < -0.3 is 9.47 Å². The van der Waals surface area contributed by atoms with Crippen LogP contribution in [0.5, 0.6) is 0 Å². The number of piperidine rings is 1. The van der Waals surface area contributed by atoms with Gasteiger partial charge in [0.25, 0.3) is 0 Å². The van der Waals surface area contributed by atoms with Gasteiger partial charge >= 0.3 is 11.2 Å². The molecule has 0 bridgehead atoms. The van der Waals surface area contributed by atoms with E-state index in [1.807, 2.05) is 29.2 Å². The number of anilines is 1. The molecule has 0 saturated carbocycles. The van der Waals surface area contributed by atoms with E-state index in [-0.39, 0.29) is 5.69 Å². The normalized spacial score (nSPS) is 15.4. The molecule has 6 heteroatoms. The summed E-state index contributed by atoms with van der Waals surface area (Å²) in [7, 11) is 1.58. The van der Waals surface area contributed by atoms with Gasteiger partial charge in [0.1, 0.15) is 5.69 Å². The molecule has 0 spiro atoms. The van der Waals surface area contributed by atoms with Crippen LogP contribution in [0.1, 0.15) is 19.3 Å². The van der Waals surface area contributed by atoms with Crippen LogP contribution in [0.25, 0.3) is 10.9 Å². The van der Waals surface area contributed by atoms with Crippen LogP contribution in [0.15, 0.2) is 29.1 Å². The van der Waals surface area contributed by atoms with Gasteiger partial charge in [-0.2, -0.15) is 0 Å². The molecule has 0 amide bonds. The lowest BCUT2D eigenvalue weighted by Gasteiger charge is -2.29. The molecule has 0 radical (unpaired) electrons. The molecule has 1 aliphatic heterocycles. The zero-order chi connectivity index (χ0) is 15.0. The molecular weight excluding hydrogens is 270 g/mol. The van der Waals surface area contributed by atoms with Crippen LogP contribution in [0.3, 0.4) is 0 Å². The molecule has 1 fully saturated rings. The predicted octanol–water partition coefficient (Wildman–Crippen LogP) is 2.44. The Bertz CT molecular complexity index is 761. The average Bonchev–Trinajstić information content (AvgIpc) is 2.51. The molecule has 2 heterocycles. The van der Waals surface area contributed by atoms with E-state index < -0.39 is 10.5 Å². The van der Waals surface area contributed by atoms with Crippen molar-refractivity contribution in [1.82, 2.24) is 4.57 Å². The van der Waals surface area contributed by atoms with Crippen LogP contribution < -0.4 is 10.5 Å². The van der Waals surface area contributed by atoms with Crippen LogP contribution in [-0.2, 0) is 7.05 Å². The van der Waals surface area contributed by atoms with E-state index in [0.717, 1.165) is 43.3 Å². The van der Waals surface area contributed by atoms with Crippen molar-refractivity contribution in [2.45, 2.75) is 19.3 Å². The average molecular weight is 287 g/mol. The summed E-state index contributed by atoms with van der Waals surface area (Å²) < 4.78 is 1.36. The number of hydrogen-bond acceptors (Lipinski definition) is 4. The molecule has 21 heavy (non-hydrogen) atoms.